The van der Waals surface area contributed by atoms with Gasteiger partial charge in [-0.2, -0.15) is 0 Å². The van der Waals surface area contributed by atoms with Gasteiger partial charge in [0.15, 0.2) is 10.7 Å². The van der Waals surface area contributed by atoms with Crippen LogP contribution in [0.4, 0.5) is 0 Å². The molecule has 4 nitrogen and oxygen atoms in total. The number of carboxylic acid groups (broad SMARTS) is 1. The molecule has 0 aliphatic rings. The van der Waals surface area contributed by atoms with Gasteiger partial charge in [0.25, 0.3) is 0 Å². The predicted molar refractivity (Wildman–Crippen MR) is 79.6 cm³/mol. The maximum absolute atomic E-state index is 11.0. The molecule has 0 spiro atoms. The summed E-state index contributed by atoms with van der Waals surface area (Å²) in [5.41, 5.74) is 3.41. The van der Waals surface area contributed by atoms with Gasteiger partial charge in [0.1, 0.15) is 0 Å². The third-order valence-electron chi connectivity index (χ3n) is 3.30. The minimum absolute atomic E-state index is 0.0805. The summed E-state index contributed by atoms with van der Waals surface area (Å²) < 4.78 is 1.83. The molecule has 102 valence electrons. The van der Waals surface area contributed by atoms with E-state index in [0.717, 1.165) is 11.3 Å². The molecule has 1 aromatic carbocycles. The molecule has 0 radical (unpaired) electrons. The summed E-state index contributed by atoms with van der Waals surface area (Å²) in [6, 6.07) is 8.35. The second-order valence-corrected chi connectivity index (χ2v) is 5.82. The number of imidazole rings is 1. The number of nitrogens with zero attached hydrogens (tertiary/aromatic N) is 2. The molecule has 0 amide bonds. The van der Waals surface area contributed by atoms with Gasteiger partial charge in [-0.3, -0.25) is 4.40 Å². The average Bonchev–Trinajstić information content (AvgIpc) is 2.98. The van der Waals surface area contributed by atoms with Crippen LogP contribution in [0.15, 0.2) is 35.8 Å². The van der Waals surface area contributed by atoms with Crippen LogP contribution in [-0.4, -0.2) is 20.5 Å². The minimum atomic E-state index is -0.998. The van der Waals surface area contributed by atoms with E-state index in [1.807, 2.05) is 9.78 Å². The molecule has 1 N–H and O–H groups in total. The summed E-state index contributed by atoms with van der Waals surface area (Å²) in [4.78, 5) is 15.8. The third-order valence-corrected chi connectivity index (χ3v) is 4.14. The van der Waals surface area contributed by atoms with Crippen LogP contribution in [0.2, 0.25) is 0 Å². The number of aromatic carboxylic acids is 1. The average molecular weight is 286 g/mol. The van der Waals surface area contributed by atoms with E-state index in [1.54, 1.807) is 6.20 Å². The highest BCUT2D eigenvalue weighted by atomic mass is 32.1. The summed E-state index contributed by atoms with van der Waals surface area (Å²) in [5, 5.41) is 11.0. The van der Waals surface area contributed by atoms with Crippen molar-refractivity contribution in [3.8, 4) is 11.3 Å². The molecule has 0 atom stereocenters. The standard InChI is InChI=1S/C15H14N2O2S/c1-9(2)10-3-5-11(6-4-10)13-8-20-15-16-12(14(18)19)7-17(13)15/h3-9H,1-2H3,(H,18,19). The molecular weight excluding hydrogens is 272 g/mol. The fourth-order valence-electron chi connectivity index (χ4n) is 2.13. The summed E-state index contributed by atoms with van der Waals surface area (Å²) in [5.74, 6) is -0.500. The zero-order chi connectivity index (χ0) is 14.3. The number of aromatic nitrogens is 2. The SMILES string of the molecule is CC(C)c1ccc(-c2csc3nc(C(=O)O)cn23)cc1. The van der Waals surface area contributed by atoms with Crippen molar-refractivity contribution >= 4 is 22.3 Å². The van der Waals surface area contributed by atoms with E-state index >= 15 is 0 Å². The Morgan fingerprint density at radius 3 is 2.60 bits per heavy atom. The minimum Gasteiger partial charge on any atom is -0.476 e. The number of thiazole rings is 1. The van der Waals surface area contributed by atoms with E-state index in [1.165, 1.54) is 16.9 Å². The molecule has 0 aliphatic carbocycles. The van der Waals surface area contributed by atoms with Crippen molar-refractivity contribution in [3.05, 3.63) is 47.1 Å². The molecule has 3 rings (SSSR count). The van der Waals surface area contributed by atoms with Crippen LogP contribution in [0.3, 0.4) is 0 Å². The lowest BCUT2D eigenvalue weighted by Gasteiger charge is -2.06. The normalized spacial score (nSPS) is 11.3. The third kappa shape index (κ3) is 2.10. The van der Waals surface area contributed by atoms with Crippen molar-refractivity contribution in [2.75, 3.05) is 0 Å². The smallest absolute Gasteiger partial charge is 0.356 e. The van der Waals surface area contributed by atoms with Gasteiger partial charge in [-0.25, -0.2) is 9.78 Å². The number of carboxylic acids is 1. The van der Waals surface area contributed by atoms with Gasteiger partial charge >= 0.3 is 5.97 Å². The first-order valence-electron chi connectivity index (χ1n) is 6.36. The van der Waals surface area contributed by atoms with Crippen LogP contribution < -0.4 is 0 Å². The summed E-state index contributed by atoms with van der Waals surface area (Å²) in [6.07, 6.45) is 1.57. The second-order valence-electron chi connectivity index (χ2n) is 4.98. The van der Waals surface area contributed by atoms with E-state index in [9.17, 15) is 4.79 Å². The number of fused-ring (bicyclic) bond motifs is 1. The Morgan fingerprint density at radius 2 is 2.00 bits per heavy atom. The molecule has 0 fully saturated rings. The molecule has 0 unspecified atom stereocenters. The predicted octanol–water partition coefficient (Wildman–Crippen LogP) is 3.88. The second kappa shape index (κ2) is 4.76. The Hall–Kier alpha value is -2.14. The Kier molecular flexibility index (Phi) is 3.06. The van der Waals surface area contributed by atoms with E-state index in [4.69, 9.17) is 5.11 Å². The van der Waals surface area contributed by atoms with Crippen molar-refractivity contribution in [2.24, 2.45) is 0 Å². The monoisotopic (exact) mass is 286 g/mol. The van der Waals surface area contributed by atoms with Crippen LogP contribution in [0.5, 0.6) is 0 Å². The zero-order valence-electron chi connectivity index (χ0n) is 11.2. The first kappa shape index (κ1) is 12.9. The molecular formula is C15H14N2O2S. The molecule has 0 bridgehead atoms. The molecule has 2 heterocycles. The Labute approximate surface area is 120 Å². The Bertz CT molecular complexity index is 769. The van der Waals surface area contributed by atoms with Crippen LogP contribution in [0.1, 0.15) is 35.8 Å². The molecule has 3 aromatic rings. The molecule has 5 heteroatoms. The lowest BCUT2D eigenvalue weighted by molar-refractivity contribution is 0.0691. The molecule has 0 saturated heterocycles. The first-order chi connectivity index (χ1) is 9.56. The van der Waals surface area contributed by atoms with Crippen molar-refractivity contribution in [1.29, 1.82) is 0 Å². The number of hydrogen-bond donors (Lipinski definition) is 1. The van der Waals surface area contributed by atoms with Gasteiger partial charge in [0, 0.05) is 11.6 Å². The van der Waals surface area contributed by atoms with Gasteiger partial charge in [-0.15, -0.1) is 11.3 Å². The lowest BCUT2D eigenvalue weighted by Crippen LogP contribution is -1.95. The van der Waals surface area contributed by atoms with Gasteiger partial charge in [-0.1, -0.05) is 38.1 Å². The number of hydrogen-bond acceptors (Lipinski definition) is 3. The molecule has 0 saturated carbocycles. The summed E-state index contributed by atoms with van der Waals surface area (Å²) in [7, 11) is 0. The van der Waals surface area contributed by atoms with E-state index in [2.05, 4.69) is 43.1 Å². The quantitative estimate of drug-likeness (QED) is 0.794. The summed E-state index contributed by atoms with van der Waals surface area (Å²) >= 11 is 1.45. The van der Waals surface area contributed by atoms with Gasteiger partial charge < -0.3 is 5.11 Å². The molecule has 0 aliphatic heterocycles. The van der Waals surface area contributed by atoms with Crippen molar-refractivity contribution in [2.45, 2.75) is 19.8 Å². The topological polar surface area (TPSA) is 54.6 Å². The highest BCUT2D eigenvalue weighted by molar-refractivity contribution is 7.15. The van der Waals surface area contributed by atoms with Crippen LogP contribution >= 0.6 is 11.3 Å². The highest BCUT2D eigenvalue weighted by Crippen LogP contribution is 2.27. The maximum Gasteiger partial charge on any atom is 0.356 e. The molecule has 2 aromatic heterocycles. The van der Waals surface area contributed by atoms with Gasteiger partial charge in [0.2, 0.25) is 0 Å². The Balaban J connectivity index is 2.07. The fourth-order valence-corrected chi connectivity index (χ4v) is 3.02. The Morgan fingerprint density at radius 1 is 1.30 bits per heavy atom. The van der Waals surface area contributed by atoms with E-state index in [-0.39, 0.29) is 5.69 Å². The van der Waals surface area contributed by atoms with Crippen LogP contribution in [-0.2, 0) is 0 Å². The van der Waals surface area contributed by atoms with Crippen molar-refractivity contribution < 1.29 is 9.90 Å². The zero-order valence-corrected chi connectivity index (χ0v) is 12.0. The largest absolute Gasteiger partial charge is 0.476 e. The molecule has 20 heavy (non-hydrogen) atoms. The number of rotatable bonds is 3. The highest BCUT2D eigenvalue weighted by Gasteiger charge is 2.13. The number of carbonyl (C=O) groups is 1. The summed E-state index contributed by atoms with van der Waals surface area (Å²) in [6.45, 7) is 4.32. The van der Waals surface area contributed by atoms with Gasteiger partial charge in [-0.05, 0) is 17.0 Å². The first-order valence-corrected chi connectivity index (χ1v) is 7.24. The van der Waals surface area contributed by atoms with Crippen LogP contribution in [0.25, 0.3) is 16.2 Å². The van der Waals surface area contributed by atoms with E-state index < -0.39 is 5.97 Å². The van der Waals surface area contributed by atoms with Crippen LogP contribution in [0, 0.1) is 0 Å². The fraction of sp³-hybridized carbons (Fsp3) is 0.200. The van der Waals surface area contributed by atoms with Gasteiger partial charge in [0.05, 0.1) is 5.69 Å². The van der Waals surface area contributed by atoms with Crippen molar-refractivity contribution in [1.82, 2.24) is 9.38 Å². The number of benzene rings is 1. The maximum atomic E-state index is 11.0. The lowest BCUT2D eigenvalue weighted by atomic mass is 10.0. The van der Waals surface area contributed by atoms with E-state index in [0.29, 0.717) is 10.9 Å². The van der Waals surface area contributed by atoms with Crippen molar-refractivity contribution in [3.63, 3.8) is 0 Å².